The SMILES string of the molecule is C#Cc1ccc(OC(N=C)=N/C=C(\C)N2CCC(=O)NC2=O)cc1. The van der Waals surface area contributed by atoms with E-state index in [4.69, 9.17) is 11.2 Å². The van der Waals surface area contributed by atoms with Crippen molar-refractivity contribution in [3.63, 3.8) is 0 Å². The van der Waals surface area contributed by atoms with Crippen molar-refractivity contribution in [2.75, 3.05) is 6.54 Å². The van der Waals surface area contributed by atoms with E-state index >= 15 is 0 Å². The minimum absolute atomic E-state index is 0.0244. The number of benzene rings is 1. The molecule has 1 aliphatic heterocycles. The molecule has 2 rings (SSSR count). The van der Waals surface area contributed by atoms with Crippen molar-refractivity contribution in [1.82, 2.24) is 10.2 Å². The van der Waals surface area contributed by atoms with Gasteiger partial charge >= 0.3 is 12.1 Å². The Bertz CT molecular complexity index is 757. The molecule has 1 aromatic carbocycles. The van der Waals surface area contributed by atoms with E-state index in [2.05, 4.69) is 27.9 Å². The van der Waals surface area contributed by atoms with Gasteiger partial charge in [0.15, 0.2) is 0 Å². The van der Waals surface area contributed by atoms with Gasteiger partial charge < -0.3 is 4.74 Å². The molecule has 24 heavy (non-hydrogen) atoms. The summed E-state index contributed by atoms with van der Waals surface area (Å²) in [6.45, 7) is 5.40. The van der Waals surface area contributed by atoms with Gasteiger partial charge in [-0.05, 0) is 37.9 Å². The van der Waals surface area contributed by atoms with Crippen molar-refractivity contribution in [2.45, 2.75) is 13.3 Å². The summed E-state index contributed by atoms with van der Waals surface area (Å²) in [7, 11) is 0. The second-order valence-corrected chi connectivity index (χ2v) is 4.87. The number of rotatable bonds is 3. The molecule has 1 aromatic rings. The average Bonchev–Trinajstić information content (AvgIpc) is 2.58. The van der Waals surface area contributed by atoms with Crippen LogP contribution in [0.5, 0.6) is 5.75 Å². The summed E-state index contributed by atoms with van der Waals surface area (Å²) in [4.78, 5) is 32.0. The van der Waals surface area contributed by atoms with E-state index < -0.39 is 6.03 Å². The lowest BCUT2D eigenvalue weighted by Gasteiger charge is -2.26. The Morgan fingerprint density at radius 3 is 2.71 bits per heavy atom. The number of amidine groups is 1. The number of carbonyl (C=O) groups excluding carboxylic acids is 2. The van der Waals surface area contributed by atoms with Gasteiger partial charge in [-0.2, -0.15) is 0 Å². The average molecular weight is 324 g/mol. The number of urea groups is 1. The minimum Gasteiger partial charge on any atom is -0.424 e. The Morgan fingerprint density at radius 1 is 1.42 bits per heavy atom. The van der Waals surface area contributed by atoms with Crippen LogP contribution in [0.2, 0.25) is 0 Å². The van der Waals surface area contributed by atoms with Crippen molar-refractivity contribution in [3.8, 4) is 18.1 Å². The first-order valence-corrected chi connectivity index (χ1v) is 7.10. The summed E-state index contributed by atoms with van der Waals surface area (Å²) in [6.07, 6.45) is 6.96. The first kappa shape index (κ1) is 17.0. The number of nitrogens with one attached hydrogen (secondary N) is 1. The van der Waals surface area contributed by atoms with Gasteiger partial charge in [0, 0.05) is 24.2 Å². The summed E-state index contributed by atoms with van der Waals surface area (Å²) in [5, 5.41) is 2.24. The fourth-order valence-corrected chi connectivity index (χ4v) is 1.94. The van der Waals surface area contributed by atoms with Crippen molar-refractivity contribution < 1.29 is 14.3 Å². The summed E-state index contributed by atoms with van der Waals surface area (Å²) in [6, 6.07) is 6.38. The number of allylic oxidation sites excluding steroid dienone is 1. The summed E-state index contributed by atoms with van der Waals surface area (Å²) >= 11 is 0. The van der Waals surface area contributed by atoms with E-state index in [1.807, 2.05) is 0 Å². The van der Waals surface area contributed by atoms with Crippen LogP contribution in [0.25, 0.3) is 0 Å². The lowest BCUT2D eigenvalue weighted by atomic mass is 10.2. The van der Waals surface area contributed by atoms with Crippen molar-refractivity contribution in [1.29, 1.82) is 0 Å². The minimum atomic E-state index is -0.478. The molecule has 0 radical (unpaired) electrons. The molecule has 0 saturated carbocycles. The molecule has 1 aliphatic rings. The largest absolute Gasteiger partial charge is 0.424 e. The molecular weight excluding hydrogens is 308 g/mol. The normalized spacial score (nSPS) is 15.6. The van der Waals surface area contributed by atoms with Crippen LogP contribution in [0.4, 0.5) is 4.79 Å². The third-order valence-electron chi connectivity index (χ3n) is 3.21. The van der Waals surface area contributed by atoms with E-state index in [0.717, 1.165) is 5.56 Å². The summed E-state index contributed by atoms with van der Waals surface area (Å²) < 4.78 is 5.48. The highest BCUT2D eigenvalue weighted by Crippen LogP contribution is 2.13. The number of aliphatic imine (C=N–C) groups is 2. The van der Waals surface area contributed by atoms with Crippen LogP contribution in [0.15, 0.2) is 46.1 Å². The van der Waals surface area contributed by atoms with Gasteiger partial charge in [0.05, 0.1) is 6.20 Å². The maximum absolute atomic E-state index is 11.7. The second kappa shape index (κ2) is 7.74. The predicted octanol–water partition coefficient (Wildman–Crippen LogP) is 1.91. The Labute approximate surface area is 139 Å². The molecule has 3 amide bonds. The van der Waals surface area contributed by atoms with Crippen LogP contribution in [0.3, 0.4) is 0 Å². The lowest BCUT2D eigenvalue weighted by Crippen LogP contribution is -2.48. The molecule has 0 aromatic heterocycles. The van der Waals surface area contributed by atoms with Gasteiger partial charge in [0.1, 0.15) is 5.75 Å². The zero-order valence-electron chi connectivity index (χ0n) is 13.2. The fraction of sp³-hybridized carbons (Fsp3) is 0.176. The second-order valence-electron chi connectivity index (χ2n) is 4.87. The number of hydrogen-bond donors (Lipinski definition) is 1. The number of hydrogen-bond acceptors (Lipinski definition) is 4. The van der Waals surface area contributed by atoms with Crippen molar-refractivity contribution in [2.24, 2.45) is 9.98 Å². The molecule has 7 heteroatoms. The van der Waals surface area contributed by atoms with Gasteiger partial charge in [-0.3, -0.25) is 15.0 Å². The van der Waals surface area contributed by atoms with Crippen LogP contribution in [0.1, 0.15) is 18.9 Å². The molecule has 0 unspecified atom stereocenters. The monoisotopic (exact) mass is 324 g/mol. The number of ether oxygens (including phenoxy) is 1. The van der Waals surface area contributed by atoms with Gasteiger partial charge in [-0.15, -0.1) is 6.42 Å². The number of terminal acetylenes is 1. The van der Waals surface area contributed by atoms with Crippen molar-refractivity contribution in [3.05, 3.63) is 41.7 Å². The van der Waals surface area contributed by atoms with E-state index in [-0.39, 0.29) is 18.3 Å². The molecule has 122 valence electrons. The molecule has 0 spiro atoms. The third kappa shape index (κ3) is 4.30. The zero-order valence-corrected chi connectivity index (χ0v) is 13.2. The Kier molecular flexibility index (Phi) is 5.47. The number of amides is 3. The summed E-state index contributed by atoms with van der Waals surface area (Å²) in [5.41, 5.74) is 1.28. The van der Waals surface area contributed by atoms with E-state index in [0.29, 0.717) is 18.0 Å². The highest BCUT2D eigenvalue weighted by atomic mass is 16.5. The first-order valence-electron chi connectivity index (χ1n) is 7.10. The fourth-order valence-electron chi connectivity index (χ4n) is 1.94. The maximum Gasteiger partial charge on any atom is 0.328 e. The standard InChI is InChI=1S/C17H16N4O3/c1-4-13-5-7-14(8-6-13)24-16(18-3)19-11-12(2)21-10-9-15(22)20-17(21)23/h1,5-8,11H,3,9-10H2,2H3,(H,20,22,23)/b12-11+,19-16?. The van der Waals surface area contributed by atoms with Gasteiger partial charge in [-0.25, -0.2) is 14.8 Å². The highest BCUT2D eigenvalue weighted by Gasteiger charge is 2.23. The van der Waals surface area contributed by atoms with E-state index in [1.165, 1.54) is 11.1 Å². The smallest absolute Gasteiger partial charge is 0.328 e. The Morgan fingerprint density at radius 2 is 2.12 bits per heavy atom. The van der Waals surface area contributed by atoms with Gasteiger partial charge in [0.2, 0.25) is 5.91 Å². The van der Waals surface area contributed by atoms with E-state index in [1.54, 1.807) is 31.2 Å². The quantitative estimate of drug-likeness (QED) is 0.524. The Hall–Kier alpha value is -3.40. The molecule has 7 nitrogen and oxygen atoms in total. The number of carbonyl (C=O) groups is 2. The van der Waals surface area contributed by atoms with Gasteiger partial charge in [0.25, 0.3) is 0 Å². The highest BCUT2D eigenvalue weighted by molar-refractivity contribution is 5.97. The molecule has 1 fully saturated rings. The third-order valence-corrected chi connectivity index (χ3v) is 3.21. The maximum atomic E-state index is 11.7. The van der Waals surface area contributed by atoms with E-state index in [9.17, 15) is 9.59 Å². The molecule has 0 bridgehead atoms. The van der Waals surface area contributed by atoms with Gasteiger partial charge in [-0.1, -0.05) is 5.92 Å². The van der Waals surface area contributed by atoms with Crippen LogP contribution in [-0.2, 0) is 4.79 Å². The lowest BCUT2D eigenvalue weighted by molar-refractivity contribution is -0.121. The van der Waals surface area contributed by atoms with Crippen LogP contribution >= 0.6 is 0 Å². The number of nitrogens with zero attached hydrogens (tertiary/aromatic N) is 3. The zero-order chi connectivity index (χ0) is 17.5. The summed E-state index contributed by atoms with van der Waals surface area (Å²) in [5.74, 6) is 2.72. The van der Waals surface area contributed by atoms with Crippen LogP contribution < -0.4 is 10.1 Å². The molecule has 1 N–H and O–H groups in total. The van der Waals surface area contributed by atoms with Crippen LogP contribution in [-0.4, -0.2) is 36.1 Å². The van der Waals surface area contributed by atoms with Crippen LogP contribution in [0, 0.1) is 12.3 Å². The van der Waals surface area contributed by atoms with Crippen molar-refractivity contribution >= 4 is 24.7 Å². The molecule has 0 atom stereocenters. The topological polar surface area (TPSA) is 83.4 Å². The molecular formula is C17H16N4O3. The Balaban J connectivity index is 2.08. The molecule has 1 heterocycles. The first-order chi connectivity index (χ1) is 11.5. The predicted molar refractivity (Wildman–Crippen MR) is 90.6 cm³/mol. The molecule has 1 saturated heterocycles. The number of imide groups is 1. The molecule has 0 aliphatic carbocycles.